The van der Waals surface area contributed by atoms with Crippen molar-refractivity contribution in [3.05, 3.63) is 83.6 Å². The first-order valence-electron chi connectivity index (χ1n) is 19.6. The van der Waals surface area contributed by atoms with Crippen molar-refractivity contribution in [2.24, 2.45) is 17.5 Å². The minimum absolute atomic E-state index is 0.0454. The van der Waals surface area contributed by atoms with Crippen molar-refractivity contribution in [2.75, 3.05) is 20.3 Å². The van der Waals surface area contributed by atoms with Gasteiger partial charge in [-0.15, -0.1) is 0 Å². The number of aromatic nitrogens is 3. The SMILES string of the molecule is C=C/C(=C(\N=CC)[C@H](C)OC)c1c2c3cc(ccc3n1CC)-c1cc(O)cc(c1)C[C@H](NS(=O)(=O)c1cn(C)c(C)n1)C(=O)N1CCC[C@H](N1)C(=O)OCC(C)(C)C2. The van der Waals surface area contributed by atoms with Gasteiger partial charge in [-0.05, 0) is 99.9 Å². The average molecular weight is 814 g/mol. The van der Waals surface area contributed by atoms with Crippen LogP contribution in [0.1, 0.15) is 70.1 Å². The molecule has 0 spiro atoms. The highest BCUT2D eigenvalue weighted by molar-refractivity contribution is 7.89. The summed E-state index contributed by atoms with van der Waals surface area (Å²) in [5.41, 5.74) is 8.92. The number of ether oxygens (including phenoxy) is 2. The van der Waals surface area contributed by atoms with Crippen molar-refractivity contribution in [2.45, 2.75) is 97.0 Å². The molecule has 4 aromatic rings. The smallest absolute Gasteiger partial charge is 0.324 e. The van der Waals surface area contributed by atoms with E-state index in [2.05, 4.69) is 45.3 Å². The summed E-state index contributed by atoms with van der Waals surface area (Å²) in [7, 11) is -0.952. The van der Waals surface area contributed by atoms with Gasteiger partial charge in [0.2, 0.25) is 0 Å². The Morgan fingerprint density at radius 3 is 2.64 bits per heavy atom. The molecule has 2 aromatic carbocycles. The molecular formula is C43H55N7O7S. The number of esters is 1. The molecule has 58 heavy (non-hydrogen) atoms. The van der Waals surface area contributed by atoms with E-state index in [4.69, 9.17) is 14.5 Å². The lowest BCUT2D eigenvalue weighted by atomic mass is 9.84. The number of benzene rings is 2. The fraction of sp³-hybridized carbons (Fsp3) is 0.442. The van der Waals surface area contributed by atoms with Crippen LogP contribution in [0.2, 0.25) is 0 Å². The number of hydrazine groups is 1. The summed E-state index contributed by atoms with van der Waals surface area (Å²) in [6.45, 7) is 16.9. The number of sulfonamides is 1. The maximum atomic E-state index is 14.3. The number of fused-ring (bicyclic) bond motifs is 6. The van der Waals surface area contributed by atoms with Crippen LogP contribution < -0.4 is 10.1 Å². The molecule has 6 bridgehead atoms. The van der Waals surface area contributed by atoms with Crippen molar-refractivity contribution in [3.63, 3.8) is 0 Å². The summed E-state index contributed by atoms with van der Waals surface area (Å²) < 4.78 is 45.7. The zero-order valence-electron chi connectivity index (χ0n) is 34.6. The predicted molar refractivity (Wildman–Crippen MR) is 225 cm³/mol. The van der Waals surface area contributed by atoms with Crippen LogP contribution >= 0.6 is 0 Å². The van der Waals surface area contributed by atoms with E-state index in [0.29, 0.717) is 42.8 Å². The van der Waals surface area contributed by atoms with Crippen LogP contribution in [0, 0.1) is 12.3 Å². The third kappa shape index (κ3) is 8.67. The van der Waals surface area contributed by atoms with Crippen LogP contribution in [-0.4, -0.2) is 89.2 Å². The number of phenols is 1. The fourth-order valence-electron chi connectivity index (χ4n) is 7.86. The second-order valence-corrected chi connectivity index (χ2v) is 17.5. The predicted octanol–water partition coefficient (Wildman–Crippen LogP) is 5.61. The second-order valence-electron chi connectivity index (χ2n) is 15.8. The van der Waals surface area contributed by atoms with Crippen LogP contribution in [0.4, 0.5) is 0 Å². The number of imidazole rings is 1. The Morgan fingerprint density at radius 1 is 1.22 bits per heavy atom. The molecule has 0 radical (unpaired) electrons. The lowest BCUT2D eigenvalue weighted by Crippen LogP contribution is -2.60. The van der Waals surface area contributed by atoms with Gasteiger partial charge in [0.15, 0.2) is 5.03 Å². The lowest BCUT2D eigenvalue weighted by molar-refractivity contribution is -0.155. The number of rotatable bonds is 9. The van der Waals surface area contributed by atoms with E-state index in [1.54, 1.807) is 37.9 Å². The summed E-state index contributed by atoms with van der Waals surface area (Å²) in [5.74, 6) is -0.658. The molecule has 14 nitrogen and oxygen atoms in total. The van der Waals surface area contributed by atoms with Crippen molar-refractivity contribution in [1.82, 2.24) is 29.3 Å². The summed E-state index contributed by atoms with van der Waals surface area (Å²) in [6.07, 6.45) is 5.90. The molecule has 2 aromatic heterocycles. The first-order valence-corrected chi connectivity index (χ1v) is 21.1. The van der Waals surface area contributed by atoms with Crippen molar-refractivity contribution < 1.29 is 32.6 Å². The number of nitrogens with zero attached hydrogens (tertiary/aromatic N) is 5. The topological polar surface area (TPSA) is 169 Å². The standard InChI is InChI=1S/C43H55N7O7S/c1-10-32(39(44-11-2)26(4)56-9)40-34-23-43(6,7)25-57-42(53)35-14-13-17-50(46-35)41(52)36(47-58(54,55)38-24-48(8)27(5)45-38)20-28-18-30(21-31(51)19-28)29-15-16-37(33(34)22-29)49(40)12-3/h10-11,15-16,18-19,21-22,24,26,35-36,46-47,51H,1,12-14,17,20,23,25H2,2-9H3/b39-32+,44-11?/t26-,35-,36-/m0/s1. The molecule has 1 amide bonds. The molecule has 1 fully saturated rings. The number of aromatic hydroxyl groups is 1. The van der Waals surface area contributed by atoms with E-state index in [0.717, 1.165) is 39.0 Å². The highest BCUT2D eigenvalue weighted by Crippen LogP contribution is 2.40. The third-order valence-electron chi connectivity index (χ3n) is 10.9. The Kier molecular flexibility index (Phi) is 12.5. The number of aryl methyl sites for hydroxylation is 3. The van der Waals surface area contributed by atoms with E-state index in [9.17, 15) is 23.1 Å². The van der Waals surface area contributed by atoms with E-state index in [-0.39, 0.29) is 36.5 Å². The Balaban J connectivity index is 1.57. The quantitative estimate of drug-likeness (QED) is 0.111. The molecule has 4 heterocycles. The number of amides is 1. The molecule has 2 aliphatic rings. The highest BCUT2D eigenvalue weighted by atomic mass is 32.2. The molecule has 3 N–H and O–H groups in total. The van der Waals surface area contributed by atoms with Gasteiger partial charge in [0.25, 0.3) is 15.9 Å². The first-order chi connectivity index (χ1) is 27.5. The number of aliphatic imine (C=N–C) groups is 1. The average Bonchev–Trinajstić information content (AvgIpc) is 3.70. The van der Waals surface area contributed by atoms with E-state index < -0.39 is 39.4 Å². The second kappa shape index (κ2) is 17.0. The maximum Gasteiger partial charge on any atom is 0.324 e. The van der Waals surface area contributed by atoms with Crippen LogP contribution in [0.3, 0.4) is 0 Å². The number of hydrogen-bond donors (Lipinski definition) is 3. The molecule has 1 saturated heterocycles. The number of phenolic OH excluding ortho intramolecular Hbond substituents is 1. The van der Waals surface area contributed by atoms with Crippen molar-refractivity contribution >= 4 is 44.6 Å². The molecule has 6 rings (SSSR count). The fourth-order valence-corrected chi connectivity index (χ4v) is 9.09. The van der Waals surface area contributed by atoms with Gasteiger partial charge in [-0.3, -0.25) is 19.6 Å². The van der Waals surface area contributed by atoms with E-state index >= 15 is 0 Å². The minimum atomic E-state index is -4.28. The van der Waals surface area contributed by atoms with Gasteiger partial charge in [0.1, 0.15) is 23.7 Å². The van der Waals surface area contributed by atoms with Gasteiger partial charge in [-0.1, -0.05) is 38.6 Å². The van der Waals surface area contributed by atoms with Gasteiger partial charge in [0.05, 0.1) is 24.1 Å². The van der Waals surface area contributed by atoms with Gasteiger partial charge in [-0.2, -0.15) is 4.72 Å². The Morgan fingerprint density at radius 2 is 1.98 bits per heavy atom. The molecule has 0 aliphatic carbocycles. The zero-order valence-corrected chi connectivity index (χ0v) is 35.4. The maximum absolute atomic E-state index is 14.3. The van der Waals surface area contributed by atoms with Crippen molar-refractivity contribution in [3.8, 4) is 16.9 Å². The van der Waals surface area contributed by atoms with Crippen LogP contribution in [0.25, 0.3) is 27.6 Å². The van der Waals surface area contributed by atoms with E-state index in [1.807, 2.05) is 45.9 Å². The summed E-state index contributed by atoms with van der Waals surface area (Å²) >= 11 is 0. The number of methoxy groups -OCH3 is 1. The zero-order chi connectivity index (χ0) is 42.1. The van der Waals surface area contributed by atoms with E-state index in [1.165, 1.54) is 17.3 Å². The molecule has 0 unspecified atom stereocenters. The number of cyclic esters (lactones) is 1. The van der Waals surface area contributed by atoms with Gasteiger partial charge in [-0.25, -0.2) is 18.8 Å². The Bertz CT molecular complexity index is 2390. The summed E-state index contributed by atoms with van der Waals surface area (Å²) in [5, 5.41) is 13.2. The molecule has 310 valence electrons. The Hall–Kier alpha value is -5.09. The van der Waals surface area contributed by atoms with Gasteiger partial charge < -0.3 is 23.7 Å². The number of carbonyl (C=O) groups is 2. The number of allylic oxidation sites excluding steroid dienone is 2. The van der Waals surface area contributed by atoms with Gasteiger partial charge >= 0.3 is 5.97 Å². The number of nitrogens with one attached hydrogen (secondary N) is 2. The molecule has 15 heteroatoms. The highest BCUT2D eigenvalue weighted by Gasteiger charge is 2.37. The summed E-state index contributed by atoms with van der Waals surface area (Å²) in [4.78, 5) is 37.0. The van der Waals surface area contributed by atoms with Crippen molar-refractivity contribution in [1.29, 1.82) is 0 Å². The van der Waals surface area contributed by atoms with Crippen LogP contribution in [-0.2, 0) is 55.5 Å². The first kappa shape index (κ1) is 42.5. The molecule has 3 atom stereocenters. The Labute approximate surface area is 340 Å². The molecule has 2 aliphatic heterocycles. The summed E-state index contributed by atoms with van der Waals surface area (Å²) in [6, 6.07) is 9.00. The number of hydrogen-bond acceptors (Lipinski definition) is 10. The molecule has 0 saturated carbocycles. The minimum Gasteiger partial charge on any atom is -0.508 e. The van der Waals surface area contributed by atoms with Crippen LogP contribution in [0.15, 0.2) is 71.0 Å². The molecular weight excluding hydrogens is 759 g/mol. The normalized spacial score (nSPS) is 20.2. The number of carbonyl (C=O) groups excluding carboxylic acids is 2. The largest absolute Gasteiger partial charge is 0.508 e. The monoisotopic (exact) mass is 813 g/mol. The third-order valence-corrected chi connectivity index (χ3v) is 12.3. The lowest BCUT2D eigenvalue weighted by Gasteiger charge is -2.35. The van der Waals surface area contributed by atoms with Crippen LogP contribution in [0.5, 0.6) is 5.75 Å². The van der Waals surface area contributed by atoms with Gasteiger partial charge in [0, 0.05) is 61.5 Å².